The van der Waals surface area contributed by atoms with E-state index in [0.29, 0.717) is 0 Å². The second-order valence-corrected chi connectivity index (χ2v) is 3.43. The number of aromatic amines is 1. The van der Waals surface area contributed by atoms with Crippen LogP contribution in [0.5, 0.6) is 0 Å². The van der Waals surface area contributed by atoms with Crippen molar-refractivity contribution in [1.29, 1.82) is 0 Å². The molecule has 0 saturated heterocycles. The van der Waals surface area contributed by atoms with Crippen LogP contribution >= 0.6 is 11.8 Å². The summed E-state index contributed by atoms with van der Waals surface area (Å²) in [5, 5.41) is 8.52. The summed E-state index contributed by atoms with van der Waals surface area (Å²) in [5.74, 6) is 0.221. The molecule has 80 valence electrons. The van der Waals surface area contributed by atoms with Gasteiger partial charge in [0.1, 0.15) is 0 Å². The fourth-order valence-corrected chi connectivity index (χ4v) is 1.12. The molecular formula is C5H8F3N5S. The fraction of sp³-hybridized carbons (Fsp3) is 0.600. The Morgan fingerprint density at radius 2 is 2.21 bits per heavy atom. The summed E-state index contributed by atoms with van der Waals surface area (Å²) in [7, 11) is 0. The van der Waals surface area contributed by atoms with Gasteiger partial charge in [0.25, 0.3) is 0 Å². The lowest BCUT2D eigenvalue weighted by Gasteiger charge is -2.04. The highest BCUT2D eigenvalue weighted by Gasteiger charge is 2.27. The van der Waals surface area contributed by atoms with Crippen LogP contribution in [0.25, 0.3) is 0 Å². The molecule has 1 aromatic heterocycles. The van der Waals surface area contributed by atoms with Crippen molar-refractivity contribution >= 4 is 23.7 Å². The van der Waals surface area contributed by atoms with Gasteiger partial charge in [0.15, 0.2) is 0 Å². The van der Waals surface area contributed by atoms with Gasteiger partial charge in [0.05, 0.1) is 0 Å². The second-order valence-electron chi connectivity index (χ2n) is 2.27. The lowest BCUT2D eigenvalue weighted by molar-refractivity contribution is -0.0327. The summed E-state index contributed by atoms with van der Waals surface area (Å²) < 4.78 is 35.0. The fourth-order valence-electron chi connectivity index (χ4n) is 0.683. The van der Waals surface area contributed by atoms with Crippen molar-refractivity contribution in [3.63, 3.8) is 0 Å². The predicted molar refractivity (Wildman–Crippen MR) is 47.8 cm³/mol. The first kappa shape index (κ1) is 11.0. The Morgan fingerprint density at radius 1 is 1.50 bits per heavy atom. The molecule has 0 aliphatic carbocycles. The molecule has 0 saturated carbocycles. The normalized spacial score (nSPS) is 11.6. The minimum Gasteiger partial charge on any atom is -0.368 e. The van der Waals surface area contributed by atoms with Crippen LogP contribution in [-0.4, -0.2) is 33.0 Å². The van der Waals surface area contributed by atoms with E-state index < -0.39 is 5.51 Å². The van der Waals surface area contributed by atoms with Crippen LogP contribution in [0.2, 0.25) is 0 Å². The first-order valence-electron chi connectivity index (χ1n) is 3.60. The largest absolute Gasteiger partial charge is 0.441 e. The molecule has 0 radical (unpaired) electrons. The molecule has 0 fully saturated rings. The van der Waals surface area contributed by atoms with Crippen molar-refractivity contribution in [2.45, 2.75) is 5.51 Å². The van der Waals surface area contributed by atoms with Crippen molar-refractivity contribution in [2.75, 3.05) is 23.3 Å². The van der Waals surface area contributed by atoms with E-state index >= 15 is 0 Å². The van der Waals surface area contributed by atoms with E-state index in [9.17, 15) is 13.2 Å². The molecule has 0 spiro atoms. The minimum atomic E-state index is -4.19. The number of nitrogen functional groups attached to an aromatic ring is 1. The molecular weight excluding hydrogens is 219 g/mol. The zero-order valence-electron chi connectivity index (χ0n) is 6.93. The zero-order chi connectivity index (χ0) is 10.6. The lowest BCUT2D eigenvalue weighted by Crippen LogP contribution is -2.10. The first-order chi connectivity index (χ1) is 6.47. The number of nitrogens with two attached hydrogens (primary N) is 1. The van der Waals surface area contributed by atoms with Crippen molar-refractivity contribution < 1.29 is 13.2 Å². The van der Waals surface area contributed by atoms with Crippen molar-refractivity contribution in [2.24, 2.45) is 0 Å². The third-order valence-electron chi connectivity index (χ3n) is 1.15. The van der Waals surface area contributed by atoms with Gasteiger partial charge in [0, 0.05) is 12.3 Å². The van der Waals surface area contributed by atoms with Gasteiger partial charge in [-0.05, 0) is 11.8 Å². The summed E-state index contributed by atoms with van der Waals surface area (Å²) in [4.78, 5) is 3.65. The second kappa shape index (κ2) is 4.40. The molecule has 0 bridgehead atoms. The van der Waals surface area contributed by atoms with Gasteiger partial charge >= 0.3 is 5.51 Å². The Bertz CT molecular complexity index is 285. The number of nitrogens with one attached hydrogen (secondary N) is 2. The average molecular weight is 227 g/mol. The molecule has 1 aromatic rings. The Balaban J connectivity index is 2.16. The van der Waals surface area contributed by atoms with Crippen molar-refractivity contribution in [3.8, 4) is 0 Å². The van der Waals surface area contributed by atoms with Gasteiger partial charge < -0.3 is 11.1 Å². The van der Waals surface area contributed by atoms with Crippen LogP contribution < -0.4 is 11.1 Å². The van der Waals surface area contributed by atoms with Crippen LogP contribution in [0.15, 0.2) is 0 Å². The van der Waals surface area contributed by atoms with Gasteiger partial charge in [0.2, 0.25) is 11.9 Å². The summed E-state index contributed by atoms with van der Waals surface area (Å²) in [6.45, 7) is 0.126. The number of halogens is 3. The van der Waals surface area contributed by atoms with Crippen LogP contribution in [0.4, 0.5) is 25.1 Å². The van der Waals surface area contributed by atoms with Crippen molar-refractivity contribution in [1.82, 2.24) is 15.2 Å². The number of rotatable bonds is 4. The Morgan fingerprint density at radius 3 is 2.71 bits per heavy atom. The van der Waals surface area contributed by atoms with E-state index in [1.807, 2.05) is 0 Å². The van der Waals surface area contributed by atoms with E-state index in [2.05, 4.69) is 20.5 Å². The molecule has 0 unspecified atom stereocenters. The van der Waals surface area contributed by atoms with E-state index in [-0.39, 0.29) is 36.0 Å². The molecule has 9 heteroatoms. The Kier molecular flexibility index (Phi) is 3.44. The molecule has 1 rings (SSSR count). The number of hydrogen-bond donors (Lipinski definition) is 3. The van der Waals surface area contributed by atoms with Gasteiger partial charge in [-0.1, -0.05) is 0 Å². The molecule has 4 N–H and O–H groups in total. The maximum absolute atomic E-state index is 11.7. The third kappa shape index (κ3) is 4.21. The van der Waals surface area contributed by atoms with Crippen LogP contribution in [-0.2, 0) is 0 Å². The standard InChI is InChI=1S/C5H8F3N5S/c6-5(7,8)14-2-1-10-4-11-3(9)12-13-4/h1-2H2,(H4,9,10,11,12,13). The number of aromatic nitrogens is 3. The molecule has 0 amide bonds. The van der Waals surface area contributed by atoms with E-state index in [1.165, 1.54) is 0 Å². The molecule has 0 atom stereocenters. The highest BCUT2D eigenvalue weighted by molar-refractivity contribution is 8.00. The molecule has 5 nitrogen and oxygen atoms in total. The van der Waals surface area contributed by atoms with Crippen molar-refractivity contribution in [3.05, 3.63) is 0 Å². The molecule has 0 aliphatic heterocycles. The summed E-state index contributed by atoms with van der Waals surface area (Å²) >= 11 is -0.0999. The molecule has 14 heavy (non-hydrogen) atoms. The monoisotopic (exact) mass is 227 g/mol. The highest BCUT2D eigenvalue weighted by atomic mass is 32.2. The van der Waals surface area contributed by atoms with Gasteiger partial charge in [-0.2, -0.15) is 18.2 Å². The van der Waals surface area contributed by atoms with E-state index in [1.54, 1.807) is 0 Å². The SMILES string of the molecule is Nc1nc(NCCSC(F)(F)F)n[nH]1. The lowest BCUT2D eigenvalue weighted by atomic mass is 10.7. The van der Waals surface area contributed by atoms with Crippen LogP contribution in [0.1, 0.15) is 0 Å². The molecule has 1 heterocycles. The van der Waals surface area contributed by atoms with Gasteiger partial charge in [-0.25, -0.2) is 5.10 Å². The van der Waals surface area contributed by atoms with Crippen LogP contribution in [0.3, 0.4) is 0 Å². The molecule has 0 aromatic carbocycles. The summed E-state index contributed by atoms with van der Waals surface area (Å²) in [6, 6.07) is 0. The number of alkyl halides is 3. The van der Waals surface area contributed by atoms with E-state index in [4.69, 9.17) is 5.73 Å². The average Bonchev–Trinajstić information content (AvgIpc) is 2.44. The minimum absolute atomic E-state index is 0.0993. The van der Waals surface area contributed by atoms with Gasteiger partial charge in [-0.3, -0.25) is 0 Å². The number of nitrogens with zero attached hydrogens (tertiary/aromatic N) is 2. The Hall–Kier alpha value is -1.12. The smallest absolute Gasteiger partial charge is 0.368 e. The van der Waals surface area contributed by atoms with E-state index in [0.717, 1.165) is 0 Å². The topological polar surface area (TPSA) is 79.6 Å². The zero-order valence-corrected chi connectivity index (χ0v) is 7.74. The first-order valence-corrected chi connectivity index (χ1v) is 4.58. The summed E-state index contributed by atoms with van der Waals surface area (Å²) in [5.41, 5.74) is 1.00. The quantitative estimate of drug-likeness (QED) is 0.670. The Labute approximate surface area is 81.7 Å². The third-order valence-corrected chi connectivity index (χ3v) is 1.89. The highest BCUT2D eigenvalue weighted by Crippen LogP contribution is 2.29. The maximum atomic E-state index is 11.7. The van der Waals surface area contributed by atoms with Crippen LogP contribution in [0, 0.1) is 0 Å². The summed E-state index contributed by atoms with van der Waals surface area (Å²) in [6.07, 6.45) is 0. The molecule has 0 aliphatic rings. The predicted octanol–water partition coefficient (Wildman–Crippen LogP) is 1.05. The number of thioether (sulfide) groups is 1. The maximum Gasteiger partial charge on any atom is 0.441 e. The van der Waals surface area contributed by atoms with Gasteiger partial charge in [-0.15, -0.1) is 5.10 Å². The number of H-pyrrole nitrogens is 1. The number of anilines is 2. The number of hydrogen-bond acceptors (Lipinski definition) is 5.